The molecule has 3 aromatic heterocycles. The molecule has 0 aromatic carbocycles. The minimum atomic E-state index is -4.55. The van der Waals surface area contributed by atoms with Crippen LogP contribution < -0.4 is 10.5 Å². The number of H-pyrrole nitrogens is 1. The standard InChI is InChI=1S/C12H10F3N7O/c1-21(11-17-3-2-7(18-11)12(13,14)15)6-8-19-20-9-10(23)16-4-5-22(8)9/h2-5H,6H2,1H3,(H,16,23). The summed E-state index contributed by atoms with van der Waals surface area (Å²) < 4.78 is 39.5. The van der Waals surface area contributed by atoms with Crippen LogP contribution in [0.15, 0.2) is 29.5 Å². The van der Waals surface area contributed by atoms with Crippen LogP contribution in [-0.2, 0) is 12.7 Å². The minimum absolute atomic E-state index is 0.0753. The van der Waals surface area contributed by atoms with E-state index in [9.17, 15) is 18.0 Å². The molecule has 0 saturated heterocycles. The summed E-state index contributed by atoms with van der Waals surface area (Å²) >= 11 is 0. The molecular formula is C12H10F3N7O. The lowest BCUT2D eigenvalue weighted by Crippen LogP contribution is -2.22. The van der Waals surface area contributed by atoms with Gasteiger partial charge in [-0.2, -0.15) is 13.2 Å². The second kappa shape index (κ2) is 5.34. The van der Waals surface area contributed by atoms with Crippen LogP contribution in [0.3, 0.4) is 0 Å². The highest BCUT2D eigenvalue weighted by molar-refractivity contribution is 5.36. The van der Waals surface area contributed by atoms with Crippen molar-refractivity contribution in [2.75, 3.05) is 11.9 Å². The lowest BCUT2D eigenvalue weighted by Gasteiger charge is -2.16. The Morgan fingerprint density at radius 2 is 2.13 bits per heavy atom. The summed E-state index contributed by atoms with van der Waals surface area (Å²) in [6.45, 7) is 0.0753. The van der Waals surface area contributed by atoms with Crippen molar-refractivity contribution in [2.24, 2.45) is 0 Å². The van der Waals surface area contributed by atoms with E-state index in [1.54, 1.807) is 6.20 Å². The number of fused-ring (bicyclic) bond motifs is 1. The Morgan fingerprint density at radius 3 is 2.87 bits per heavy atom. The van der Waals surface area contributed by atoms with Gasteiger partial charge in [-0.15, -0.1) is 10.2 Å². The van der Waals surface area contributed by atoms with E-state index in [4.69, 9.17) is 0 Å². The largest absolute Gasteiger partial charge is 0.433 e. The molecule has 0 saturated carbocycles. The molecule has 0 spiro atoms. The van der Waals surface area contributed by atoms with Gasteiger partial charge in [-0.1, -0.05) is 0 Å². The lowest BCUT2D eigenvalue weighted by molar-refractivity contribution is -0.141. The summed E-state index contributed by atoms with van der Waals surface area (Å²) in [4.78, 5) is 22.7. The third-order valence-electron chi connectivity index (χ3n) is 3.06. The predicted molar refractivity (Wildman–Crippen MR) is 72.7 cm³/mol. The summed E-state index contributed by atoms with van der Waals surface area (Å²) in [6, 6.07) is 0.795. The molecule has 0 radical (unpaired) electrons. The Bertz CT molecular complexity index is 901. The summed E-state index contributed by atoms with van der Waals surface area (Å²) in [5.74, 6) is 0.260. The zero-order chi connectivity index (χ0) is 16.6. The molecule has 0 aliphatic rings. The van der Waals surface area contributed by atoms with Crippen LogP contribution in [0.5, 0.6) is 0 Å². The summed E-state index contributed by atoms with van der Waals surface area (Å²) in [5.41, 5.74) is -1.35. The molecule has 0 fully saturated rings. The van der Waals surface area contributed by atoms with Gasteiger partial charge in [0.25, 0.3) is 5.56 Å². The Balaban J connectivity index is 1.91. The van der Waals surface area contributed by atoms with Gasteiger partial charge >= 0.3 is 6.18 Å². The maximum absolute atomic E-state index is 12.7. The molecular weight excluding hydrogens is 315 g/mol. The number of aromatic nitrogens is 6. The fourth-order valence-electron chi connectivity index (χ4n) is 1.97. The summed E-state index contributed by atoms with van der Waals surface area (Å²) in [7, 11) is 1.52. The van der Waals surface area contributed by atoms with Gasteiger partial charge in [-0.25, -0.2) is 9.97 Å². The van der Waals surface area contributed by atoms with Gasteiger partial charge in [0, 0.05) is 25.6 Å². The molecule has 3 aromatic rings. The van der Waals surface area contributed by atoms with Crippen molar-refractivity contribution < 1.29 is 13.2 Å². The zero-order valence-electron chi connectivity index (χ0n) is 11.7. The molecule has 0 bridgehead atoms. The second-order valence-electron chi connectivity index (χ2n) is 4.69. The van der Waals surface area contributed by atoms with E-state index >= 15 is 0 Å². The van der Waals surface area contributed by atoms with Gasteiger partial charge in [-0.05, 0) is 6.07 Å². The van der Waals surface area contributed by atoms with Crippen LogP contribution in [0.4, 0.5) is 19.1 Å². The van der Waals surface area contributed by atoms with E-state index in [0.717, 1.165) is 12.3 Å². The van der Waals surface area contributed by atoms with E-state index < -0.39 is 17.4 Å². The van der Waals surface area contributed by atoms with Crippen molar-refractivity contribution in [2.45, 2.75) is 12.7 Å². The third kappa shape index (κ3) is 2.84. The summed E-state index contributed by atoms with van der Waals surface area (Å²) in [6.07, 6.45) is -0.544. The number of hydrogen-bond donors (Lipinski definition) is 1. The highest BCUT2D eigenvalue weighted by atomic mass is 19.4. The van der Waals surface area contributed by atoms with E-state index in [2.05, 4.69) is 25.1 Å². The first-order chi connectivity index (χ1) is 10.9. The summed E-state index contributed by atoms with van der Waals surface area (Å²) in [5, 5.41) is 7.61. The Morgan fingerprint density at radius 1 is 1.35 bits per heavy atom. The SMILES string of the molecule is CN(Cc1nnc2c(=O)[nH]ccn12)c1nccc(C(F)(F)F)n1. The lowest BCUT2D eigenvalue weighted by atomic mass is 10.4. The molecule has 0 aliphatic carbocycles. The number of aromatic amines is 1. The highest BCUT2D eigenvalue weighted by Gasteiger charge is 2.33. The molecule has 8 nitrogen and oxygen atoms in total. The van der Waals surface area contributed by atoms with Crippen molar-refractivity contribution >= 4 is 11.6 Å². The van der Waals surface area contributed by atoms with E-state index in [1.165, 1.54) is 22.5 Å². The molecule has 1 N–H and O–H groups in total. The van der Waals surface area contributed by atoms with Gasteiger partial charge in [0.2, 0.25) is 11.6 Å². The van der Waals surface area contributed by atoms with Gasteiger partial charge < -0.3 is 9.88 Å². The van der Waals surface area contributed by atoms with Crippen molar-refractivity contribution in [3.63, 3.8) is 0 Å². The third-order valence-corrected chi connectivity index (χ3v) is 3.06. The van der Waals surface area contributed by atoms with Gasteiger partial charge in [-0.3, -0.25) is 9.20 Å². The number of anilines is 1. The fourth-order valence-corrected chi connectivity index (χ4v) is 1.97. The molecule has 3 heterocycles. The molecule has 11 heteroatoms. The maximum atomic E-state index is 12.7. The van der Waals surface area contributed by atoms with Gasteiger partial charge in [0.1, 0.15) is 5.69 Å². The average Bonchev–Trinajstić information content (AvgIpc) is 2.91. The first-order valence-corrected chi connectivity index (χ1v) is 6.39. The van der Waals surface area contributed by atoms with Crippen LogP contribution >= 0.6 is 0 Å². The molecule has 0 atom stereocenters. The monoisotopic (exact) mass is 325 g/mol. The Hall–Kier alpha value is -2.98. The number of nitrogens with zero attached hydrogens (tertiary/aromatic N) is 6. The smallest absolute Gasteiger partial charge is 0.336 e. The Kier molecular flexibility index (Phi) is 3.47. The quantitative estimate of drug-likeness (QED) is 0.768. The molecule has 3 rings (SSSR count). The first kappa shape index (κ1) is 14.9. The van der Waals surface area contributed by atoms with E-state index in [1.807, 2.05) is 0 Å². The van der Waals surface area contributed by atoms with Crippen molar-refractivity contribution in [3.05, 3.63) is 46.5 Å². The number of rotatable bonds is 3. The maximum Gasteiger partial charge on any atom is 0.433 e. The molecule has 120 valence electrons. The number of alkyl halides is 3. The molecule has 23 heavy (non-hydrogen) atoms. The number of hydrogen-bond acceptors (Lipinski definition) is 6. The van der Waals surface area contributed by atoms with Crippen LogP contribution in [0.25, 0.3) is 5.65 Å². The van der Waals surface area contributed by atoms with Crippen molar-refractivity contribution in [1.29, 1.82) is 0 Å². The Labute approximate surface area is 126 Å². The van der Waals surface area contributed by atoms with Crippen molar-refractivity contribution in [1.82, 2.24) is 29.5 Å². The number of halogens is 3. The topological polar surface area (TPSA) is 92.1 Å². The van der Waals surface area contributed by atoms with Gasteiger partial charge in [0.05, 0.1) is 6.54 Å². The van der Waals surface area contributed by atoms with Crippen LogP contribution in [0.2, 0.25) is 0 Å². The molecule has 0 aliphatic heterocycles. The van der Waals surface area contributed by atoms with E-state index in [-0.39, 0.29) is 18.1 Å². The van der Waals surface area contributed by atoms with Crippen LogP contribution in [0.1, 0.15) is 11.5 Å². The fraction of sp³-hybridized carbons (Fsp3) is 0.250. The van der Waals surface area contributed by atoms with Crippen LogP contribution in [0, 0.1) is 0 Å². The van der Waals surface area contributed by atoms with E-state index in [0.29, 0.717) is 5.82 Å². The number of nitrogens with one attached hydrogen (secondary N) is 1. The van der Waals surface area contributed by atoms with Gasteiger partial charge in [0.15, 0.2) is 5.82 Å². The molecule has 0 unspecified atom stereocenters. The van der Waals surface area contributed by atoms with Crippen molar-refractivity contribution in [3.8, 4) is 0 Å². The average molecular weight is 325 g/mol. The normalized spacial score (nSPS) is 11.8. The highest BCUT2D eigenvalue weighted by Crippen LogP contribution is 2.28. The first-order valence-electron chi connectivity index (χ1n) is 6.39. The minimum Gasteiger partial charge on any atom is -0.336 e. The predicted octanol–water partition coefficient (Wildman–Crippen LogP) is 0.863. The zero-order valence-corrected chi connectivity index (χ0v) is 11.7. The van der Waals surface area contributed by atoms with Crippen LogP contribution in [-0.4, -0.2) is 36.6 Å². The second-order valence-corrected chi connectivity index (χ2v) is 4.69. The molecule has 0 amide bonds.